The molecule has 0 aliphatic carbocycles. The molecule has 0 bridgehead atoms. The van der Waals surface area contributed by atoms with Crippen molar-refractivity contribution in [1.29, 1.82) is 0 Å². The van der Waals surface area contributed by atoms with Gasteiger partial charge in [-0.1, -0.05) is 0 Å². The molecule has 7 nitrogen and oxygen atoms in total. The summed E-state index contributed by atoms with van der Waals surface area (Å²) in [5, 5.41) is 17.5. The average molecular weight is 198 g/mol. The molecule has 0 radical (unpaired) electrons. The van der Waals surface area contributed by atoms with Crippen molar-refractivity contribution in [3.63, 3.8) is 0 Å². The maximum Gasteiger partial charge on any atom is 1.00 e. The first-order chi connectivity index (χ1) is 5.52. The van der Waals surface area contributed by atoms with Gasteiger partial charge in [0.25, 0.3) is 0 Å². The Balaban J connectivity index is 0. The first-order valence-electron chi connectivity index (χ1n) is 2.53. The predicted molar refractivity (Wildman–Crippen MR) is 29.3 cm³/mol. The van der Waals surface area contributed by atoms with E-state index in [0.717, 1.165) is 0 Å². The predicted octanol–water partition coefficient (Wildman–Crippen LogP) is -4.55. The maximum absolute atomic E-state index is 10.3. The molecule has 0 aliphatic heterocycles. The molecule has 0 amide bonds. The van der Waals surface area contributed by atoms with E-state index in [4.69, 9.17) is 5.11 Å². The first-order valence-corrected chi connectivity index (χ1v) is 2.53. The summed E-state index contributed by atoms with van der Waals surface area (Å²) in [7, 11) is 0. The summed E-state index contributed by atoms with van der Waals surface area (Å²) >= 11 is 0. The summed E-state index contributed by atoms with van der Waals surface area (Å²) in [5.74, 6) is -2.87. The van der Waals surface area contributed by atoms with Gasteiger partial charge in [0.1, 0.15) is 0 Å². The summed E-state index contributed by atoms with van der Waals surface area (Å²) in [6.45, 7) is 0. The van der Waals surface area contributed by atoms with E-state index >= 15 is 0 Å². The number of carboxylic acids is 1. The third-order valence-corrected chi connectivity index (χ3v) is 0.551. The molecule has 0 unspecified atom stereocenters. The fraction of sp³-hybridized carbons (Fsp3) is 0. The minimum absolute atomic E-state index is 0. The molecule has 0 fully saturated rings. The van der Waals surface area contributed by atoms with Crippen LogP contribution in [-0.4, -0.2) is 23.2 Å². The molecule has 13 heavy (non-hydrogen) atoms. The minimum atomic E-state index is -1.81. The average Bonchev–Trinajstić information content (AvgIpc) is 1.96. The molecule has 0 saturated carbocycles. The Morgan fingerprint density at radius 3 is 2.08 bits per heavy atom. The van der Waals surface area contributed by atoms with Crippen LogP contribution in [0, 0.1) is 0 Å². The van der Waals surface area contributed by atoms with Crippen LogP contribution in [0.4, 0.5) is 4.79 Å². The Bertz CT molecular complexity index is 233. The summed E-state index contributed by atoms with van der Waals surface area (Å²) in [4.78, 5) is 36.4. The fourth-order valence-corrected chi connectivity index (χ4v) is 0.241. The van der Waals surface area contributed by atoms with E-state index in [9.17, 15) is 19.5 Å². The monoisotopic (exact) mass is 198 g/mol. The summed E-state index contributed by atoms with van der Waals surface area (Å²) in [6.07, 6.45) is -1.00. The maximum atomic E-state index is 10.3. The standard InChI is InChI=1S/C5H4O7.Na/c6-3(7)1-2-4(8)11-12-5(9)10;/h1-2H,(H,6,7)(H,9,10);/q;+1/p-1/b2-1+;. The quantitative estimate of drug-likeness (QED) is 0.205. The van der Waals surface area contributed by atoms with Crippen molar-refractivity contribution in [2.45, 2.75) is 0 Å². The van der Waals surface area contributed by atoms with Gasteiger partial charge in [0.05, 0.1) is 5.97 Å². The number of carbonyl (C=O) groups is 3. The molecular formula is C5H3NaO7. The molecule has 0 aliphatic rings. The van der Waals surface area contributed by atoms with Gasteiger partial charge >= 0.3 is 41.7 Å². The molecule has 0 atom stereocenters. The van der Waals surface area contributed by atoms with Crippen molar-refractivity contribution in [3.8, 4) is 0 Å². The molecule has 0 rings (SSSR count). The van der Waals surface area contributed by atoms with Crippen LogP contribution in [0.25, 0.3) is 0 Å². The second kappa shape index (κ2) is 7.59. The molecule has 0 heterocycles. The van der Waals surface area contributed by atoms with Crippen LogP contribution in [0.5, 0.6) is 0 Å². The normalized spacial score (nSPS) is 8.62. The number of aliphatic carboxylic acids is 1. The van der Waals surface area contributed by atoms with Crippen molar-refractivity contribution in [1.82, 2.24) is 0 Å². The van der Waals surface area contributed by atoms with Gasteiger partial charge in [-0.25, -0.2) is 19.4 Å². The van der Waals surface area contributed by atoms with E-state index in [0.29, 0.717) is 12.2 Å². The third kappa shape index (κ3) is 10.9. The number of carboxylic acid groups (broad SMARTS) is 2. The number of hydrogen-bond acceptors (Lipinski definition) is 6. The van der Waals surface area contributed by atoms with Crippen molar-refractivity contribution >= 4 is 18.1 Å². The Hall–Kier alpha value is -1.05. The molecule has 8 heteroatoms. The van der Waals surface area contributed by atoms with Crippen LogP contribution >= 0.6 is 0 Å². The zero-order chi connectivity index (χ0) is 9.56. The molecule has 0 saturated heterocycles. The number of rotatable bonds is 2. The zero-order valence-corrected chi connectivity index (χ0v) is 8.55. The van der Waals surface area contributed by atoms with Crippen molar-refractivity contribution < 1.29 is 63.9 Å². The Morgan fingerprint density at radius 1 is 1.15 bits per heavy atom. The van der Waals surface area contributed by atoms with Crippen molar-refractivity contribution in [3.05, 3.63) is 12.2 Å². The van der Waals surface area contributed by atoms with E-state index < -0.39 is 18.1 Å². The minimum Gasteiger partial charge on any atom is -0.545 e. The van der Waals surface area contributed by atoms with Crippen molar-refractivity contribution in [2.75, 3.05) is 0 Å². The summed E-state index contributed by atoms with van der Waals surface area (Å²) < 4.78 is 0. The van der Waals surface area contributed by atoms with Crippen molar-refractivity contribution in [2.24, 2.45) is 0 Å². The van der Waals surface area contributed by atoms with Crippen LogP contribution in [-0.2, 0) is 19.4 Å². The van der Waals surface area contributed by atoms with Crippen LogP contribution in [0.1, 0.15) is 0 Å². The Labute approximate surface area is 94.2 Å². The molecule has 1 N–H and O–H groups in total. The van der Waals surface area contributed by atoms with Gasteiger partial charge in [-0.05, 0) is 6.08 Å². The van der Waals surface area contributed by atoms with Crippen LogP contribution in [0.15, 0.2) is 12.2 Å². The Morgan fingerprint density at radius 2 is 1.69 bits per heavy atom. The second-order valence-corrected chi connectivity index (χ2v) is 1.40. The summed E-state index contributed by atoms with van der Waals surface area (Å²) in [6, 6.07) is 0. The molecule has 0 aromatic rings. The van der Waals surface area contributed by atoms with Gasteiger partial charge in [0.15, 0.2) is 0 Å². The second-order valence-electron chi connectivity index (χ2n) is 1.40. The number of carbonyl (C=O) groups excluding carboxylic acids is 2. The molecule has 0 spiro atoms. The van der Waals surface area contributed by atoms with Crippen LogP contribution < -0.4 is 34.7 Å². The summed E-state index contributed by atoms with van der Waals surface area (Å²) in [5.41, 5.74) is 0. The van der Waals surface area contributed by atoms with Crippen LogP contribution in [0.2, 0.25) is 0 Å². The van der Waals surface area contributed by atoms with Gasteiger partial charge in [-0.3, -0.25) is 0 Å². The molecule has 0 aromatic heterocycles. The van der Waals surface area contributed by atoms with E-state index in [1.807, 2.05) is 0 Å². The van der Waals surface area contributed by atoms with Gasteiger partial charge in [-0.15, -0.1) is 0 Å². The molecular weight excluding hydrogens is 195 g/mol. The fourth-order valence-electron chi connectivity index (χ4n) is 0.241. The van der Waals surface area contributed by atoms with E-state index in [-0.39, 0.29) is 29.6 Å². The SMILES string of the molecule is O=C([O-])/C=C/C(=O)OOC(=O)O.[Na+]. The van der Waals surface area contributed by atoms with Gasteiger partial charge in [0, 0.05) is 6.08 Å². The van der Waals surface area contributed by atoms with Gasteiger partial charge < -0.3 is 15.0 Å². The smallest absolute Gasteiger partial charge is 0.545 e. The molecule has 66 valence electrons. The van der Waals surface area contributed by atoms with Crippen LogP contribution in [0.3, 0.4) is 0 Å². The third-order valence-electron chi connectivity index (χ3n) is 0.551. The largest absolute Gasteiger partial charge is 1.00 e. The van der Waals surface area contributed by atoms with E-state index in [1.54, 1.807) is 0 Å². The van der Waals surface area contributed by atoms with E-state index in [2.05, 4.69) is 9.78 Å². The van der Waals surface area contributed by atoms with Gasteiger partial charge in [-0.2, -0.15) is 0 Å². The first kappa shape index (κ1) is 14.5. The van der Waals surface area contributed by atoms with Gasteiger partial charge in [0.2, 0.25) is 0 Å². The molecule has 0 aromatic carbocycles. The Kier molecular flexibility index (Phi) is 8.45. The number of hydrogen-bond donors (Lipinski definition) is 1. The van der Waals surface area contributed by atoms with E-state index in [1.165, 1.54) is 0 Å². The zero-order valence-electron chi connectivity index (χ0n) is 6.55. The topological polar surface area (TPSA) is 113 Å².